The summed E-state index contributed by atoms with van der Waals surface area (Å²) in [5.74, 6) is 2.95. The number of nitrogens with zero attached hydrogens (tertiary/aromatic N) is 1. The second-order valence-corrected chi connectivity index (χ2v) is 5.77. The van der Waals surface area contributed by atoms with Gasteiger partial charge in [-0.25, -0.2) is 0 Å². The van der Waals surface area contributed by atoms with Crippen LogP contribution in [-0.4, -0.2) is 52.9 Å². The molecule has 0 saturated carbocycles. The molecule has 23 heavy (non-hydrogen) atoms. The molecule has 1 aliphatic rings. The van der Waals surface area contributed by atoms with Gasteiger partial charge in [-0.3, -0.25) is 4.90 Å². The third-order valence-corrected chi connectivity index (χ3v) is 4.38. The van der Waals surface area contributed by atoms with Crippen LogP contribution in [0.2, 0.25) is 0 Å². The highest BCUT2D eigenvalue weighted by atomic mass is 35.5. The highest BCUT2D eigenvalue weighted by molar-refractivity contribution is 5.85. The van der Waals surface area contributed by atoms with Gasteiger partial charge >= 0.3 is 0 Å². The van der Waals surface area contributed by atoms with E-state index < -0.39 is 0 Å². The number of piperidine rings is 1. The van der Waals surface area contributed by atoms with Crippen molar-refractivity contribution in [2.24, 2.45) is 5.92 Å². The van der Waals surface area contributed by atoms with Crippen molar-refractivity contribution in [2.75, 3.05) is 48.0 Å². The minimum atomic E-state index is 0. The van der Waals surface area contributed by atoms with Gasteiger partial charge in [0.2, 0.25) is 5.75 Å². The van der Waals surface area contributed by atoms with E-state index in [1.165, 1.54) is 12.8 Å². The topological polar surface area (TPSA) is 43.0 Å². The zero-order chi connectivity index (χ0) is 15.9. The van der Waals surface area contributed by atoms with Gasteiger partial charge in [0.25, 0.3) is 0 Å². The van der Waals surface area contributed by atoms with Crippen LogP contribution < -0.4 is 19.5 Å². The fourth-order valence-electron chi connectivity index (χ4n) is 3.17. The summed E-state index contributed by atoms with van der Waals surface area (Å²) in [7, 11) is 7.00. The van der Waals surface area contributed by atoms with Crippen LogP contribution in [0.1, 0.15) is 18.4 Å². The van der Waals surface area contributed by atoms with Gasteiger partial charge in [0.15, 0.2) is 11.5 Å². The Morgan fingerprint density at radius 3 is 2.22 bits per heavy atom. The molecule has 0 unspecified atom stereocenters. The molecule has 1 aromatic carbocycles. The third-order valence-electron chi connectivity index (χ3n) is 4.38. The molecule has 0 atom stereocenters. The van der Waals surface area contributed by atoms with Crippen molar-refractivity contribution in [1.29, 1.82) is 0 Å². The molecule has 1 aliphatic heterocycles. The lowest BCUT2D eigenvalue weighted by atomic mass is 9.96. The normalized spacial score (nSPS) is 15.8. The van der Waals surface area contributed by atoms with Crippen molar-refractivity contribution in [2.45, 2.75) is 19.4 Å². The standard InChI is InChI=1S/C17H28N2O3.ClH/c1-18-11-13-7-9-19(10-8-13)12-14-5-6-15(20-2)17(22-4)16(14)21-3;/h5-6,13,18H,7-12H2,1-4H3;1H. The number of hydrogen-bond donors (Lipinski definition) is 1. The van der Waals surface area contributed by atoms with Crippen LogP contribution in [0.15, 0.2) is 12.1 Å². The smallest absolute Gasteiger partial charge is 0.203 e. The van der Waals surface area contributed by atoms with Gasteiger partial charge in [-0.1, -0.05) is 6.07 Å². The largest absolute Gasteiger partial charge is 0.493 e. The third kappa shape index (κ3) is 4.90. The Labute approximate surface area is 145 Å². The summed E-state index contributed by atoms with van der Waals surface area (Å²) in [4.78, 5) is 2.48. The molecule has 1 heterocycles. The quantitative estimate of drug-likeness (QED) is 0.823. The van der Waals surface area contributed by atoms with Crippen molar-refractivity contribution in [3.05, 3.63) is 17.7 Å². The van der Waals surface area contributed by atoms with E-state index in [0.29, 0.717) is 11.5 Å². The van der Waals surface area contributed by atoms with Crippen LogP contribution >= 0.6 is 12.4 Å². The Morgan fingerprint density at radius 2 is 1.70 bits per heavy atom. The Balaban J connectivity index is 0.00000264. The molecular formula is C17H29ClN2O3. The van der Waals surface area contributed by atoms with Crippen molar-refractivity contribution in [3.63, 3.8) is 0 Å². The number of likely N-dealkylation sites (tertiary alicyclic amines) is 1. The Kier molecular flexibility index (Phi) is 8.52. The minimum Gasteiger partial charge on any atom is -0.493 e. The van der Waals surface area contributed by atoms with Crippen LogP contribution in [0.25, 0.3) is 0 Å². The van der Waals surface area contributed by atoms with Gasteiger partial charge < -0.3 is 19.5 Å². The van der Waals surface area contributed by atoms with Gasteiger partial charge in [-0.15, -0.1) is 12.4 Å². The van der Waals surface area contributed by atoms with Crippen LogP contribution in [0.5, 0.6) is 17.2 Å². The maximum atomic E-state index is 5.57. The van der Waals surface area contributed by atoms with E-state index in [1.54, 1.807) is 21.3 Å². The summed E-state index contributed by atoms with van der Waals surface area (Å²) in [5.41, 5.74) is 1.15. The van der Waals surface area contributed by atoms with Gasteiger partial charge in [0.05, 0.1) is 21.3 Å². The predicted octanol–water partition coefficient (Wildman–Crippen LogP) is 2.57. The lowest BCUT2D eigenvalue weighted by Gasteiger charge is -2.32. The molecule has 0 bridgehead atoms. The fourth-order valence-corrected chi connectivity index (χ4v) is 3.17. The average molecular weight is 345 g/mol. The second-order valence-electron chi connectivity index (χ2n) is 5.77. The molecule has 0 aliphatic carbocycles. The zero-order valence-electron chi connectivity index (χ0n) is 14.6. The summed E-state index contributed by atoms with van der Waals surface area (Å²) in [6.45, 7) is 4.26. The maximum absolute atomic E-state index is 5.57. The van der Waals surface area contributed by atoms with Gasteiger partial charge in [-0.05, 0) is 51.5 Å². The van der Waals surface area contributed by atoms with E-state index in [-0.39, 0.29) is 12.4 Å². The molecule has 1 fully saturated rings. The van der Waals surface area contributed by atoms with Gasteiger partial charge in [0.1, 0.15) is 0 Å². The molecule has 1 aromatic rings. The summed E-state index contributed by atoms with van der Waals surface area (Å²) in [6.07, 6.45) is 2.49. The Bertz CT molecular complexity index is 477. The molecule has 6 heteroatoms. The molecule has 0 radical (unpaired) electrons. The van der Waals surface area contributed by atoms with E-state index in [1.807, 2.05) is 13.1 Å². The first-order valence-electron chi connectivity index (χ1n) is 7.88. The molecule has 1 N–H and O–H groups in total. The molecule has 0 spiro atoms. The van der Waals surface area contributed by atoms with E-state index in [9.17, 15) is 0 Å². The number of hydrogen-bond acceptors (Lipinski definition) is 5. The molecule has 1 saturated heterocycles. The summed E-state index contributed by atoms with van der Waals surface area (Å²) in [5, 5.41) is 3.28. The van der Waals surface area contributed by atoms with E-state index in [4.69, 9.17) is 14.2 Å². The maximum Gasteiger partial charge on any atom is 0.203 e. The summed E-state index contributed by atoms with van der Waals surface area (Å²) < 4.78 is 16.4. The van der Waals surface area contributed by atoms with Crippen molar-refractivity contribution < 1.29 is 14.2 Å². The molecule has 0 aromatic heterocycles. The first-order valence-corrected chi connectivity index (χ1v) is 7.88. The first kappa shape index (κ1) is 19.9. The highest BCUT2D eigenvalue weighted by Crippen LogP contribution is 2.40. The van der Waals surface area contributed by atoms with Gasteiger partial charge in [-0.2, -0.15) is 0 Å². The molecule has 2 rings (SSSR count). The highest BCUT2D eigenvalue weighted by Gasteiger charge is 2.22. The average Bonchev–Trinajstić information content (AvgIpc) is 2.56. The summed E-state index contributed by atoms with van der Waals surface area (Å²) >= 11 is 0. The minimum absolute atomic E-state index is 0. The monoisotopic (exact) mass is 344 g/mol. The van der Waals surface area contributed by atoms with Gasteiger partial charge in [0, 0.05) is 12.1 Å². The zero-order valence-corrected chi connectivity index (χ0v) is 15.4. The van der Waals surface area contributed by atoms with Crippen LogP contribution in [-0.2, 0) is 6.54 Å². The molecular weight excluding hydrogens is 316 g/mol. The van der Waals surface area contributed by atoms with E-state index in [0.717, 1.165) is 43.4 Å². The lowest BCUT2D eigenvalue weighted by Crippen LogP contribution is -2.36. The van der Waals surface area contributed by atoms with Crippen LogP contribution in [0.3, 0.4) is 0 Å². The first-order chi connectivity index (χ1) is 10.7. The number of benzene rings is 1. The van der Waals surface area contributed by atoms with Crippen LogP contribution in [0.4, 0.5) is 0 Å². The number of nitrogens with one attached hydrogen (secondary N) is 1. The van der Waals surface area contributed by atoms with Crippen molar-refractivity contribution >= 4 is 12.4 Å². The SMILES string of the molecule is CNCC1CCN(Cc2ccc(OC)c(OC)c2OC)CC1.Cl. The number of ether oxygens (including phenoxy) is 3. The number of rotatable bonds is 7. The molecule has 0 amide bonds. The fraction of sp³-hybridized carbons (Fsp3) is 0.647. The summed E-state index contributed by atoms with van der Waals surface area (Å²) in [6, 6.07) is 4.02. The molecule has 132 valence electrons. The lowest BCUT2D eigenvalue weighted by molar-refractivity contribution is 0.174. The number of halogens is 1. The van der Waals surface area contributed by atoms with Crippen molar-refractivity contribution in [1.82, 2.24) is 10.2 Å². The second kappa shape index (κ2) is 9.85. The number of methoxy groups -OCH3 is 3. The van der Waals surface area contributed by atoms with E-state index >= 15 is 0 Å². The van der Waals surface area contributed by atoms with Crippen molar-refractivity contribution in [3.8, 4) is 17.2 Å². The van der Waals surface area contributed by atoms with Crippen LogP contribution in [0, 0.1) is 5.92 Å². The predicted molar refractivity (Wildman–Crippen MR) is 95.3 cm³/mol. The molecule has 5 nitrogen and oxygen atoms in total. The Hall–Kier alpha value is -1.17. The van der Waals surface area contributed by atoms with E-state index in [2.05, 4.69) is 16.3 Å². The Morgan fingerprint density at radius 1 is 1.04 bits per heavy atom.